The summed E-state index contributed by atoms with van der Waals surface area (Å²) in [6, 6.07) is 0. The molecule has 1 nitrogen and oxygen atoms in total. The second kappa shape index (κ2) is 5.00. The van der Waals surface area contributed by atoms with Crippen molar-refractivity contribution in [3.8, 4) is 11.8 Å². The third-order valence-corrected chi connectivity index (χ3v) is 2.06. The Hall–Kier alpha value is -0.740. The van der Waals surface area contributed by atoms with Crippen LogP contribution >= 0.6 is 0 Å². The van der Waals surface area contributed by atoms with Crippen molar-refractivity contribution >= 4 is 0 Å². The Labute approximate surface area is 74.5 Å². The topological polar surface area (TPSA) is 20.2 Å². The van der Waals surface area contributed by atoms with Gasteiger partial charge in [-0.2, -0.15) is 0 Å². The fourth-order valence-corrected chi connectivity index (χ4v) is 1.24. The van der Waals surface area contributed by atoms with Gasteiger partial charge in [-0.25, -0.2) is 0 Å². The van der Waals surface area contributed by atoms with E-state index in [9.17, 15) is 5.11 Å². The van der Waals surface area contributed by atoms with Gasteiger partial charge in [0.25, 0.3) is 0 Å². The molecule has 0 unspecified atom stereocenters. The number of aliphatic hydroxyl groups excluding tert-OH is 1. The summed E-state index contributed by atoms with van der Waals surface area (Å²) in [7, 11) is 0. The third-order valence-electron chi connectivity index (χ3n) is 2.06. The predicted octanol–water partition coefficient (Wildman–Crippen LogP) is 2.12. The van der Waals surface area contributed by atoms with Crippen molar-refractivity contribution in [3.05, 3.63) is 12.2 Å². The smallest absolute Gasteiger partial charge is 0.0747 e. The summed E-state index contributed by atoms with van der Waals surface area (Å²) in [5.41, 5.74) is 0. The maximum Gasteiger partial charge on any atom is 0.0747 e. The highest BCUT2D eigenvalue weighted by Crippen LogP contribution is 2.16. The summed E-state index contributed by atoms with van der Waals surface area (Å²) in [6.07, 6.45) is 7.85. The zero-order chi connectivity index (χ0) is 8.81. The molecule has 1 rings (SSSR count). The first-order valence-corrected chi connectivity index (χ1v) is 4.67. The maximum absolute atomic E-state index is 9.38. The highest BCUT2D eigenvalue weighted by Gasteiger charge is 2.16. The van der Waals surface area contributed by atoms with Gasteiger partial charge in [0.2, 0.25) is 0 Å². The molecule has 1 heteroatoms. The van der Waals surface area contributed by atoms with Gasteiger partial charge >= 0.3 is 0 Å². The molecule has 1 aliphatic carbocycles. The van der Waals surface area contributed by atoms with Crippen LogP contribution in [-0.2, 0) is 0 Å². The molecule has 66 valence electrons. The largest absolute Gasteiger partial charge is 0.391 e. The lowest BCUT2D eigenvalue weighted by Crippen LogP contribution is -2.10. The van der Waals surface area contributed by atoms with Gasteiger partial charge in [0.1, 0.15) is 0 Å². The molecule has 0 bridgehead atoms. The van der Waals surface area contributed by atoms with Crippen LogP contribution in [0.3, 0.4) is 0 Å². The van der Waals surface area contributed by atoms with E-state index >= 15 is 0 Å². The Bertz CT molecular complexity index is 207. The van der Waals surface area contributed by atoms with Crippen LogP contribution in [0.4, 0.5) is 0 Å². The van der Waals surface area contributed by atoms with E-state index in [2.05, 4.69) is 18.8 Å². The lowest BCUT2D eigenvalue weighted by Gasteiger charge is -2.04. The summed E-state index contributed by atoms with van der Waals surface area (Å²) in [5, 5.41) is 9.38. The number of rotatable bonds is 2. The minimum atomic E-state index is -0.251. The van der Waals surface area contributed by atoms with E-state index in [0.717, 1.165) is 12.8 Å². The standard InChI is InChI=1S/C11H16O/c1-2-3-4-5-7-10-8-6-9-11(10)12/h6,8,10-12H,2-4,9H2,1H3/t10-,11-/m1/s1. The van der Waals surface area contributed by atoms with E-state index in [0.29, 0.717) is 0 Å². The van der Waals surface area contributed by atoms with Crippen molar-refractivity contribution in [1.82, 2.24) is 0 Å². The normalized spacial score (nSPS) is 26.8. The second-order valence-corrected chi connectivity index (χ2v) is 3.18. The first-order chi connectivity index (χ1) is 5.84. The Morgan fingerprint density at radius 2 is 2.42 bits per heavy atom. The summed E-state index contributed by atoms with van der Waals surface area (Å²) in [5.74, 6) is 6.28. The van der Waals surface area contributed by atoms with E-state index in [1.54, 1.807) is 0 Å². The molecule has 0 aromatic rings. The predicted molar refractivity (Wildman–Crippen MR) is 50.6 cm³/mol. The van der Waals surface area contributed by atoms with E-state index in [4.69, 9.17) is 0 Å². The van der Waals surface area contributed by atoms with E-state index in [1.165, 1.54) is 12.8 Å². The molecule has 1 aliphatic rings. The van der Waals surface area contributed by atoms with Crippen LogP contribution in [0.5, 0.6) is 0 Å². The van der Waals surface area contributed by atoms with Crippen LogP contribution in [0, 0.1) is 17.8 Å². The molecule has 0 saturated carbocycles. The average molecular weight is 164 g/mol. The number of unbranched alkanes of at least 4 members (excludes halogenated alkanes) is 2. The van der Waals surface area contributed by atoms with Crippen molar-refractivity contribution in [2.24, 2.45) is 5.92 Å². The first kappa shape index (κ1) is 9.35. The Balaban J connectivity index is 2.27. The van der Waals surface area contributed by atoms with Crippen molar-refractivity contribution in [2.45, 2.75) is 38.7 Å². The fourth-order valence-electron chi connectivity index (χ4n) is 1.24. The minimum Gasteiger partial charge on any atom is -0.391 e. The summed E-state index contributed by atoms with van der Waals surface area (Å²) < 4.78 is 0. The maximum atomic E-state index is 9.38. The number of hydrogen-bond acceptors (Lipinski definition) is 1. The van der Waals surface area contributed by atoms with Gasteiger partial charge in [0.15, 0.2) is 0 Å². The van der Waals surface area contributed by atoms with Crippen LogP contribution in [0.2, 0.25) is 0 Å². The van der Waals surface area contributed by atoms with E-state index in [1.807, 2.05) is 12.2 Å². The van der Waals surface area contributed by atoms with Crippen LogP contribution in [0.25, 0.3) is 0 Å². The molecule has 12 heavy (non-hydrogen) atoms. The Morgan fingerprint density at radius 3 is 3.00 bits per heavy atom. The van der Waals surface area contributed by atoms with Gasteiger partial charge in [0, 0.05) is 6.42 Å². The van der Waals surface area contributed by atoms with Gasteiger partial charge in [-0.1, -0.05) is 31.4 Å². The van der Waals surface area contributed by atoms with Gasteiger partial charge in [-0.05, 0) is 12.8 Å². The molecule has 0 amide bonds. The van der Waals surface area contributed by atoms with Gasteiger partial charge < -0.3 is 5.11 Å². The molecule has 0 radical (unpaired) electrons. The first-order valence-electron chi connectivity index (χ1n) is 4.67. The van der Waals surface area contributed by atoms with Gasteiger partial charge in [0.05, 0.1) is 12.0 Å². The zero-order valence-corrected chi connectivity index (χ0v) is 7.59. The molecule has 0 saturated heterocycles. The lowest BCUT2D eigenvalue weighted by molar-refractivity contribution is 0.165. The van der Waals surface area contributed by atoms with Crippen molar-refractivity contribution in [2.75, 3.05) is 0 Å². The Morgan fingerprint density at radius 1 is 1.58 bits per heavy atom. The quantitative estimate of drug-likeness (QED) is 0.376. The molecule has 0 spiro atoms. The molecule has 0 aromatic carbocycles. The second-order valence-electron chi connectivity index (χ2n) is 3.18. The van der Waals surface area contributed by atoms with Crippen LogP contribution in [-0.4, -0.2) is 11.2 Å². The zero-order valence-electron chi connectivity index (χ0n) is 7.59. The third kappa shape index (κ3) is 2.71. The summed E-state index contributed by atoms with van der Waals surface area (Å²) in [4.78, 5) is 0. The summed E-state index contributed by atoms with van der Waals surface area (Å²) >= 11 is 0. The van der Waals surface area contributed by atoms with E-state index in [-0.39, 0.29) is 12.0 Å². The highest BCUT2D eigenvalue weighted by molar-refractivity contribution is 5.17. The lowest BCUT2D eigenvalue weighted by atomic mass is 10.1. The molecule has 0 fully saturated rings. The van der Waals surface area contributed by atoms with Crippen LogP contribution in [0.1, 0.15) is 32.6 Å². The number of aliphatic hydroxyl groups is 1. The molecule has 0 aliphatic heterocycles. The van der Waals surface area contributed by atoms with Crippen LogP contribution in [0.15, 0.2) is 12.2 Å². The van der Waals surface area contributed by atoms with Crippen molar-refractivity contribution < 1.29 is 5.11 Å². The van der Waals surface area contributed by atoms with Gasteiger partial charge in [-0.3, -0.25) is 0 Å². The Kier molecular flexibility index (Phi) is 3.90. The average Bonchev–Trinajstić information content (AvgIpc) is 2.46. The molecule has 2 atom stereocenters. The molecular weight excluding hydrogens is 148 g/mol. The van der Waals surface area contributed by atoms with Gasteiger partial charge in [-0.15, -0.1) is 5.92 Å². The molecule has 1 N–H and O–H groups in total. The fraction of sp³-hybridized carbons (Fsp3) is 0.636. The van der Waals surface area contributed by atoms with Crippen molar-refractivity contribution in [3.63, 3.8) is 0 Å². The highest BCUT2D eigenvalue weighted by atomic mass is 16.3. The summed E-state index contributed by atoms with van der Waals surface area (Å²) in [6.45, 7) is 2.16. The van der Waals surface area contributed by atoms with Crippen LogP contribution < -0.4 is 0 Å². The molecule has 0 aromatic heterocycles. The molecule has 0 heterocycles. The molecular formula is C11H16O. The monoisotopic (exact) mass is 164 g/mol. The van der Waals surface area contributed by atoms with E-state index < -0.39 is 0 Å². The number of hydrogen-bond donors (Lipinski definition) is 1. The van der Waals surface area contributed by atoms with Crippen molar-refractivity contribution in [1.29, 1.82) is 0 Å². The minimum absolute atomic E-state index is 0.0989. The SMILES string of the molecule is CCCCC#C[C@@H]1C=CC[C@H]1O.